The quantitative estimate of drug-likeness (QED) is 0.0538. The van der Waals surface area contributed by atoms with Crippen LogP contribution in [0.15, 0.2) is 0 Å². The maximum Gasteiger partial charge on any atom is 0.364 e. The average molecular weight is 1150 g/mol. The van der Waals surface area contributed by atoms with Crippen LogP contribution in [0.5, 0.6) is 0 Å². The second-order valence-corrected chi connectivity index (χ2v) is 19.7. The Morgan fingerprint density at radius 2 is 1.01 bits per heavy atom. The Labute approximate surface area is 441 Å². The first kappa shape index (κ1) is 64.4. The second kappa shape index (κ2) is 27.1. The fourth-order valence-electron chi connectivity index (χ4n) is 9.85. The molecule has 452 valence electrons. The number of rotatable bonds is 20. The zero-order valence-electron chi connectivity index (χ0n) is 41.8. The van der Waals surface area contributed by atoms with Gasteiger partial charge in [-0.15, -0.1) is 0 Å². The van der Waals surface area contributed by atoms with E-state index in [-0.39, 0.29) is 0 Å². The lowest BCUT2D eigenvalue weighted by Crippen LogP contribution is -2.71. The van der Waals surface area contributed by atoms with Crippen molar-refractivity contribution in [2.24, 2.45) is 0 Å². The third-order valence-corrected chi connectivity index (χ3v) is 14.2. The molecule has 6 rings (SSSR count). The van der Waals surface area contributed by atoms with E-state index in [2.05, 4.69) is 10.6 Å². The van der Waals surface area contributed by atoms with E-state index in [0.717, 1.165) is 13.8 Å². The SMILES string of the molecule is CC(=O)N[C@H]1[C@H](O[C@H]2[C@@H](O)[C@@H](CO)O[C@@H](O[C@H]3[C@H](O)[C@@H](O)[C@H](O)O[C@@H]3CO)[C@@H]2O)O[C@H](CO[C@]2(C(=O)O)C[C@H](O)[C@@H](NC(C)=O)[C@H]([C@H](O)[C@H](O)CO)O2)[C@@H](O)[C@@H]1O[C@@H]1O[C@H](CO)[C@H](O[C@@H]2O[C@@H](C)[C@@H](O)[C@@H](O)[C@@H]2O)[C@H](O)[C@H]1O. The van der Waals surface area contributed by atoms with Gasteiger partial charge >= 0.3 is 5.97 Å². The van der Waals surface area contributed by atoms with Crippen LogP contribution in [-0.2, 0) is 66.5 Å². The first-order chi connectivity index (χ1) is 36.6. The van der Waals surface area contributed by atoms with Gasteiger partial charge in [0.05, 0.1) is 51.3 Å². The van der Waals surface area contributed by atoms with Crippen molar-refractivity contribution in [2.75, 3.05) is 33.0 Å². The van der Waals surface area contributed by atoms with Gasteiger partial charge in [0.25, 0.3) is 5.79 Å². The molecule has 0 spiro atoms. The van der Waals surface area contributed by atoms with Crippen LogP contribution in [0.25, 0.3) is 0 Å². The van der Waals surface area contributed by atoms with Gasteiger partial charge in [-0.05, 0) is 6.92 Å². The molecule has 0 bridgehead atoms. The number of carbonyl (C=O) groups is 3. The number of hydrogen-bond acceptors (Lipinski definition) is 32. The normalized spacial score (nSPS) is 48.1. The second-order valence-electron chi connectivity index (χ2n) is 19.7. The summed E-state index contributed by atoms with van der Waals surface area (Å²) in [7, 11) is 0. The summed E-state index contributed by atoms with van der Waals surface area (Å²) in [5.41, 5.74) is 0. The highest BCUT2D eigenvalue weighted by molar-refractivity contribution is 5.76. The molecule has 6 heterocycles. The van der Waals surface area contributed by atoms with Gasteiger partial charge in [-0.3, -0.25) is 9.59 Å². The molecule has 0 aliphatic carbocycles. The predicted molar refractivity (Wildman–Crippen MR) is 238 cm³/mol. The average Bonchev–Trinajstić information content (AvgIpc) is 3.46. The molecule has 21 N–H and O–H groups in total. The first-order valence-corrected chi connectivity index (χ1v) is 24.6. The lowest BCUT2D eigenvalue weighted by molar-refractivity contribution is -0.387. The summed E-state index contributed by atoms with van der Waals surface area (Å²) in [6, 6.07) is -3.65. The highest BCUT2D eigenvalue weighted by atomic mass is 16.8. The van der Waals surface area contributed by atoms with Gasteiger partial charge in [0, 0.05) is 20.3 Å². The summed E-state index contributed by atoms with van der Waals surface area (Å²) >= 11 is 0. The minimum atomic E-state index is -3.12. The molecule has 0 aromatic carbocycles. The molecule has 0 saturated carbocycles. The van der Waals surface area contributed by atoms with Crippen LogP contribution in [0.4, 0.5) is 0 Å². The third-order valence-electron chi connectivity index (χ3n) is 14.2. The number of hydrogen-bond donors (Lipinski definition) is 21. The van der Waals surface area contributed by atoms with E-state index < -0.39 is 247 Å². The molecule has 35 nitrogen and oxygen atoms in total. The van der Waals surface area contributed by atoms with Crippen LogP contribution < -0.4 is 10.6 Å². The van der Waals surface area contributed by atoms with E-state index in [9.17, 15) is 111 Å². The Bertz CT molecular complexity index is 1950. The van der Waals surface area contributed by atoms with E-state index >= 15 is 0 Å². The van der Waals surface area contributed by atoms with Gasteiger partial charge in [0.15, 0.2) is 31.5 Å². The van der Waals surface area contributed by atoms with Crippen LogP contribution >= 0.6 is 0 Å². The molecule has 78 heavy (non-hydrogen) atoms. The van der Waals surface area contributed by atoms with E-state index in [1.807, 2.05) is 0 Å². The van der Waals surface area contributed by atoms with E-state index in [0.29, 0.717) is 0 Å². The Morgan fingerprint density at radius 1 is 0.538 bits per heavy atom. The summed E-state index contributed by atoms with van der Waals surface area (Å²) < 4.78 is 62.8. The molecule has 6 aliphatic rings. The monoisotopic (exact) mass is 1140 g/mol. The molecule has 0 aromatic rings. The summed E-state index contributed by atoms with van der Waals surface area (Å²) in [6.07, 6.45) is -57.1. The molecule has 0 aromatic heterocycles. The number of ether oxygens (including phenoxy) is 11. The third kappa shape index (κ3) is 13.7. The Balaban J connectivity index is 1.36. The summed E-state index contributed by atoms with van der Waals surface area (Å²) in [5.74, 6) is -6.97. The van der Waals surface area contributed by atoms with Gasteiger partial charge in [-0.25, -0.2) is 4.79 Å². The largest absolute Gasteiger partial charge is 0.477 e. The van der Waals surface area contributed by atoms with Gasteiger partial charge in [0.1, 0.15) is 134 Å². The van der Waals surface area contributed by atoms with Gasteiger partial charge in [-0.2, -0.15) is 0 Å². The Hall–Kier alpha value is -2.75. The zero-order chi connectivity index (χ0) is 58.0. The number of carboxylic acids is 1. The van der Waals surface area contributed by atoms with Crippen molar-refractivity contribution in [2.45, 2.75) is 217 Å². The van der Waals surface area contributed by atoms with Crippen molar-refractivity contribution in [3.05, 3.63) is 0 Å². The number of carboxylic acid groups (broad SMARTS) is 1. The molecule has 6 aliphatic heterocycles. The minimum Gasteiger partial charge on any atom is -0.477 e. The lowest BCUT2D eigenvalue weighted by Gasteiger charge is -2.51. The van der Waals surface area contributed by atoms with Crippen LogP contribution in [-0.4, -0.2) is 338 Å². The maximum atomic E-state index is 13.1. The standard InChI is InChI=1S/C43H72N2O33/c1-10-21(54)25(58)29(62)39(69-10)74-33-17(8-49)72-40(30(63)27(33)60)76-34-20(45-12(3)51)38(77-36-23(56)15(6-47)71-41(31(36)64)75-32-16(7-48)70-37(65)28(61)26(32)59)73-18(24(34)57)9-68-43(42(66)67)4-13(52)19(44-11(2)50)35(78-43)22(55)14(53)5-46/h10,13-41,46-49,52-65H,4-9H2,1-3H3,(H,44,50)(H,45,51)(H,66,67)/t10-,13-,14+,15+,16+,17+,18+,19+,20+,21+,22+,23-,24+,25+,26+,27+,28+,29-,30+,31+,32+,33-,34+,35+,36-,37+,38-,39-,40-,41-,43+/m0/s1. The van der Waals surface area contributed by atoms with Crippen molar-refractivity contribution in [3.63, 3.8) is 0 Å². The number of carbonyl (C=O) groups excluding carboxylic acids is 2. The molecule has 0 unspecified atom stereocenters. The number of aliphatic hydroxyl groups excluding tert-OH is 18. The van der Waals surface area contributed by atoms with Crippen molar-refractivity contribution < 1.29 is 164 Å². The summed E-state index contributed by atoms with van der Waals surface area (Å²) in [6.45, 7) is -2.29. The molecule has 0 radical (unpaired) electrons. The smallest absolute Gasteiger partial charge is 0.364 e. The number of aliphatic carboxylic acids is 1. The van der Waals surface area contributed by atoms with Gasteiger partial charge < -0.3 is 160 Å². The van der Waals surface area contributed by atoms with Crippen molar-refractivity contribution in [1.29, 1.82) is 0 Å². The summed E-state index contributed by atoms with van der Waals surface area (Å²) in [5, 5.41) is 209. The van der Waals surface area contributed by atoms with Crippen LogP contribution in [0, 0.1) is 0 Å². The van der Waals surface area contributed by atoms with Crippen LogP contribution in [0.3, 0.4) is 0 Å². The van der Waals surface area contributed by atoms with Crippen molar-refractivity contribution in [1.82, 2.24) is 10.6 Å². The Kier molecular flexibility index (Phi) is 22.4. The maximum absolute atomic E-state index is 13.1. The van der Waals surface area contributed by atoms with E-state index in [1.54, 1.807) is 0 Å². The van der Waals surface area contributed by atoms with Crippen LogP contribution in [0.1, 0.15) is 27.2 Å². The van der Waals surface area contributed by atoms with Crippen molar-refractivity contribution in [3.8, 4) is 0 Å². The molecule has 6 saturated heterocycles. The van der Waals surface area contributed by atoms with Gasteiger partial charge in [0.2, 0.25) is 11.8 Å². The predicted octanol–water partition coefficient (Wildman–Crippen LogP) is -13.6. The molecular weight excluding hydrogens is 1070 g/mol. The lowest BCUT2D eigenvalue weighted by atomic mass is 9.88. The van der Waals surface area contributed by atoms with Crippen molar-refractivity contribution >= 4 is 17.8 Å². The number of aliphatic hydroxyl groups is 18. The molecule has 2 amide bonds. The highest BCUT2D eigenvalue weighted by Gasteiger charge is 2.60. The molecule has 31 atom stereocenters. The number of amides is 2. The molecule has 35 heteroatoms. The number of nitrogens with one attached hydrogen (secondary N) is 2. The van der Waals surface area contributed by atoms with E-state index in [1.165, 1.54) is 6.92 Å². The molecular formula is C43H72N2O33. The molecule has 6 fully saturated rings. The summed E-state index contributed by atoms with van der Waals surface area (Å²) in [4.78, 5) is 38.3. The Morgan fingerprint density at radius 3 is 1.58 bits per heavy atom. The van der Waals surface area contributed by atoms with E-state index in [4.69, 9.17) is 52.1 Å². The minimum absolute atomic E-state index is 0.830. The first-order valence-electron chi connectivity index (χ1n) is 24.6. The zero-order valence-corrected chi connectivity index (χ0v) is 41.8. The highest BCUT2D eigenvalue weighted by Crippen LogP contribution is 2.38. The topological polar surface area (TPSA) is 561 Å². The van der Waals surface area contributed by atoms with Crippen LogP contribution in [0.2, 0.25) is 0 Å². The fraction of sp³-hybridized carbons (Fsp3) is 0.930. The fourth-order valence-corrected chi connectivity index (χ4v) is 9.85. The van der Waals surface area contributed by atoms with Gasteiger partial charge in [-0.1, -0.05) is 0 Å².